The van der Waals surface area contributed by atoms with E-state index in [2.05, 4.69) is 13.8 Å². The Bertz CT molecular complexity index is 166. The molecule has 0 aliphatic rings. The van der Waals surface area contributed by atoms with Crippen molar-refractivity contribution in [1.82, 2.24) is 4.90 Å². The smallest absolute Gasteiger partial charge is 0.240 e. The maximum Gasteiger partial charge on any atom is 0.240 e. The van der Waals surface area contributed by atoms with Gasteiger partial charge in [-0.1, -0.05) is 13.8 Å². The Morgan fingerprint density at radius 3 is 1.92 bits per heavy atom. The summed E-state index contributed by atoms with van der Waals surface area (Å²) in [4.78, 5) is 13.4. The molecule has 0 aromatic carbocycles. The van der Waals surface area contributed by atoms with Crippen molar-refractivity contribution in [3.05, 3.63) is 0 Å². The minimum atomic E-state index is -0.416. The van der Waals surface area contributed by atoms with Gasteiger partial charge in [0.25, 0.3) is 0 Å². The molecule has 0 fully saturated rings. The third-order valence-electron chi connectivity index (χ3n) is 1.81. The topological polar surface area (TPSA) is 20.3 Å². The molecule has 13 heavy (non-hydrogen) atoms. The number of rotatable bonds is 4. The highest BCUT2D eigenvalue weighted by Gasteiger charge is 2.21. The van der Waals surface area contributed by atoms with Gasteiger partial charge in [-0.2, -0.15) is 0 Å². The molecular formula is C10H20ClNO. The van der Waals surface area contributed by atoms with Crippen molar-refractivity contribution >= 4 is 17.5 Å². The Hall–Kier alpha value is -0.240. The van der Waals surface area contributed by atoms with Crippen LogP contribution in [0.25, 0.3) is 0 Å². The number of hydrogen-bond donors (Lipinski definition) is 0. The molecule has 1 atom stereocenters. The molecule has 0 aromatic heterocycles. The van der Waals surface area contributed by atoms with E-state index < -0.39 is 5.38 Å². The van der Waals surface area contributed by atoms with Crippen LogP contribution in [0, 0.1) is 5.92 Å². The number of nitrogens with zero attached hydrogens (tertiary/aromatic N) is 1. The van der Waals surface area contributed by atoms with Crippen LogP contribution in [-0.2, 0) is 4.79 Å². The Morgan fingerprint density at radius 1 is 1.23 bits per heavy atom. The monoisotopic (exact) mass is 205 g/mol. The Balaban J connectivity index is 4.33. The molecule has 0 saturated carbocycles. The van der Waals surface area contributed by atoms with Gasteiger partial charge in [0, 0.05) is 12.6 Å². The maximum atomic E-state index is 11.6. The first kappa shape index (κ1) is 12.8. The van der Waals surface area contributed by atoms with E-state index in [1.807, 2.05) is 18.7 Å². The predicted molar refractivity (Wildman–Crippen MR) is 57.0 cm³/mol. The summed E-state index contributed by atoms with van der Waals surface area (Å²) in [5, 5.41) is -0.416. The second-order valence-corrected chi connectivity index (χ2v) is 4.75. The molecule has 0 heterocycles. The van der Waals surface area contributed by atoms with Crippen LogP contribution in [0.1, 0.15) is 34.6 Å². The van der Waals surface area contributed by atoms with E-state index in [0.717, 1.165) is 6.54 Å². The van der Waals surface area contributed by atoms with Gasteiger partial charge in [-0.25, -0.2) is 0 Å². The molecule has 0 aliphatic heterocycles. The average molecular weight is 206 g/mol. The Kier molecular flexibility index (Phi) is 5.38. The van der Waals surface area contributed by atoms with Gasteiger partial charge in [-0.15, -0.1) is 11.6 Å². The van der Waals surface area contributed by atoms with Crippen LogP contribution in [0.4, 0.5) is 0 Å². The standard InChI is InChI=1S/C10H20ClNO/c1-7(2)6-12(8(3)4)10(13)9(5)11/h7-9H,6H2,1-5H3. The SMILES string of the molecule is CC(C)CN(C(=O)C(C)Cl)C(C)C. The highest BCUT2D eigenvalue weighted by Crippen LogP contribution is 2.09. The van der Waals surface area contributed by atoms with Crippen molar-refractivity contribution in [3.8, 4) is 0 Å². The molecule has 0 aromatic rings. The minimum Gasteiger partial charge on any atom is -0.339 e. The summed E-state index contributed by atoms with van der Waals surface area (Å²) in [7, 11) is 0. The quantitative estimate of drug-likeness (QED) is 0.646. The molecular weight excluding hydrogens is 186 g/mol. The molecule has 78 valence electrons. The zero-order valence-electron chi connectivity index (χ0n) is 9.17. The van der Waals surface area contributed by atoms with Gasteiger partial charge >= 0.3 is 0 Å². The number of carbonyl (C=O) groups excluding carboxylic acids is 1. The largest absolute Gasteiger partial charge is 0.339 e. The van der Waals surface area contributed by atoms with Gasteiger partial charge < -0.3 is 4.90 Å². The highest BCUT2D eigenvalue weighted by atomic mass is 35.5. The lowest BCUT2D eigenvalue weighted by molar-refractivity contribution is -0.132. The maximum absolute atomic E-state index is 11.6. The van der Waals surface area contributed by atoms with E-state index in [1.54, 1.807) is 6.92 Å². The van der Waals surface area contributed by atoms with Gasteiger partial charge in [0.2, 0.25) is 5.91 Å². The lowest BCUT2D eigenvalue weighted by atomic mass is 10.1. The van der Waals surface area contributed by atoms with Gasteiger partial charge in [-0.05, 0) is 26.7 Å². The fraction of sp³-hybridized carbons (Fsp3) is 0.900. The summed E-state index contributed by atoms with van der Waals surface area (Å²) >= 11 is 5.76. The van der Waals surface area contributed by atoms with Crippen molar-refractivity contribution in [2.24, 2.45) is 5.92 Å². The molecule has 0 saturated heterocycles. The van der Waals surface area contributed by atoms with Crippen LogP contribution in [-0.4, -0.2) is 28.8 Å². The van der Waals surface area contributed by atoms with E-state index in [9.17, 15) is 4.79 Å². The number of amides is 1. The second kappa shape index (κ2) is 5.48. The van der Waals surface area contributed by atoms with Crippen LogP contribution < -0.4 is 0 Å². The molecule has 0 radical (unpaired) electrons. The first-order chi connectivity index (χ1) is 5.86. The highest BCUT2D eigenvalue weighted by molar-refractivity contribution is 6.30. The molecule has 0 bridgehead atoms. The zero-order chi connectivity index (χ0) is 10.6. The second-order valence-electron chi connectivity index (χ2n) is 4.09. The van der Waals surface area contributed by atoms with E-state index in [4.69, 9.17) is 11.6 Å². The van der Waals surface area contributed by atoms with E-state index in [-0.39, 0.29) is 11.9 Å². The van der Waals surface area contributed by atoms with Crippen molar-refractivity contribution < 1.29 is 4.79 Å². The predicted octanol–water partition coefficient (Wildman–Crippen LogP) is 2.51. The van der Waals surface area contributed by atoms with E-state index >= 15 is 0 Å². The number of hydrogen-bond acceptors (Lipinski definition) is 1. The molecule has 0 aliphatic carbocycles. The normalized spacial score (nSPS) is 13.5. The lowest BCUT2D eigenvalue weighted by Gasteiger charge is -2.29. The minimum absolute atomic E-state index is 0.0327. The van der Waals surface area contributed by atoms with E-state index in [1.165, 1.54) is 0 Å². The summed E-state index contributed by atoms with van der Waals surface area (Å²) in [6.45, 7) is 10.7. The van der Waals surface area contributed by atoms with Gasteiger partial charge in [0.05, 0.1) is 0 Å². The van der Waals surface area contributed by atoms with Crippen LogP contribution in [0.2, 0.25) is 0 Å². The Morgan fingerprint density at radius 2 is 1.69 bits per heavy atom. The fourth-order valence-electron chi connectivity index (χ4n) is 1.18. The van der Waals surface area contributed by atoms with E-state index in [0.29, 0.717) is 5.92 Å². The first-order valence-electron chi connectivity index (χ1n) is 4.80. The van der Waals surface area contributed by atoms with Crippen LogP contribution in [0.15, 0.2) is 0 Å². The number of halogens is 1. The average Bonchev–Trinajstić information content (AvgIpc) is 1.97. The zero-order valence-corrected chi connectivity index (χ0v) is 9.93. The molecule has 2 nitrogen and oxygen atoms in total. The van der Waals surface area contributed by atoms with Crippen molar-refractivity contribution in [3.63, 3.8) is 0 Å². The van der Waals surface area contributed by atoms with Gasteiger partial charge in [-0.3, -0.25) is 4.79 Å². The van der Waals surface area contributed by atoms with Gasteiger partial charge in [0.1, 0.15) is 5.38 Å². The first-order valence-corrected chi connectivity index (χ1v) is 5.24. The molecule has 1 unspecified atom stereocenters. The molecule has 3 heteroatoms. The van der Waals surface area contributed by atoms with Crippen molar-refractivity contribution in [1.29, 1.82) is 0 Å². The molecule has 1 amide bonds. The van der Waals surface area contributed by atoms with Crippen LogP contribution in [0.5, 0.6) is 0 Å². The Labute approximate surface area is 86.2 Å². The van der Waals surface area contributed by atoms with Crippen molar-refractivity contribution in [2.45, 2.75) is 46.0 Å². The molecule has 0 rings (SSSR count). The fourth-order valence-corrected chi connectivity index (χ4v) is 1.30. The number of alkyl halides is 1. The lowest BCUT2D eigenvalue weighted by Crippen LogP contribution is -2.42. The van der Waals surface area contributed by atoms with Crippen molar-refractivity contribution in [2.75, 3.05) is 6.54 Å². The van der Waals surface area contributed by atoms with Gasteiger partial charge in [0.15, 0.2) is 0 Å². The molecule has 0 N–H and O–H groups in total. The summed E-state index contributed by atoms with van der Waals surface area (Å²) in [6, 6.07) is 0.232. The third-order valence-corrected chi connectivity index (χ3v) is 2.00. The molecule has 0 spiro atoms. The summed E-state index contributed by atoms with van der Waals surface area (Å²) in [5.41, 5.74) is 0. The van der Waals surface area contributed by atoms with Crippen LogP contribution in [0.3, 0.4) is 0 Å². The number of carbonyl (C=O) groups is 1. The van der Waals surface area contributed by atoms with Crippen LogP contribution >= 0.6 is 11.6 Å². The third kappa shape index (κ3) is 4.51. The summed E-state index contributed by atoms with van der Waals surface area (Å²) in [6.07, 6.45) is 0. The summed E-state index contributed by atoms with van der Waals surface area (Å²) < 4.78 is 0. The summed E-state index contributed by atoms with van der Waals surface area (Å²) in [5.74, 6) is 0.520.